The van der Waals surface area contributed by atoms with Crippen LogP contribution in [0.15, 0.2) is 54.7 Å². The molecule has 1 heterocycles. The molecule has 3 aromatic rings. The van der Waals surface area contributed by atoms with Crippen LogP contribution < -0.4 is 0 Å². The van der Waals surface area contributed by atoms with Crippen LogP contribution in [-0.4, -0.2) is 16.1 Å². The van der Waals surface area contributed by atoms with Gasteiger partial charge in [0.2, 0.25) is 0 Å². The normalized spacial score (nSPS) is 12.2. The molecule has 1 N–H and O–H groups in total. The predicted octanol–water partition coefficient (Wildman–Crippen LogP) is 5.01. The zero-order chi connectivity index (χ0) is 17.1. The molecule has 0 saturated heterocycles. The Hall–Kier alpha value is -2.75. The first-order chi connectivity index (χ1) is 11.6. The van der Waals surface area contributed by atoms with Crippen LogP contribution in [0.3, 0.4) is 0 Å². The average molecular weight is 323 g/mol. The van der Waals surface area contributed by atoms with Crippen LogP contribution in [0.4, 0.5) is 4.39 Å². The molecule has 24 heavy (non-hydrogen) atoms. The van der Waals surface area contributed by atoms with E-state index in [9.17, 15) is 14.3 Å². The first-order valence-electron chi connectivity index (χ1n) is 7.97. The molecule has 0 spiro atoms. The molecule has 0 radical (unpaired) electrons. The summed E-state index contributed by atoms with van der Waals surface area (Å²) >= 11 is 0. The van der Waals surface area contributed by atoms with Gasteiger partial charge in [0.05, 0.1) is 11.4 Å². The highest BCUT2D eigenvalue weighted by molar-refractivity contribution is 5.94. The third-order valence-corrected chi connectivity index (χ3v) is 4.20. The van der Waals surface area contributed by atoms with Gasteiger partial charge in [-0.2, -0.15) is 0 Å². The highest BCUT2D eigenvalue weighted by atomic mass is 19.1. The Balaban J connectivity index is 2.02. The van der Waals surface area contributed by atoms with Crippen LogP contribution in [0.1, 0.15) is 31.2 Å². The molecule has 0 fully saturated rings. The highest BCUT2D eigenvalue weighted by Gasteiger charge is 2.18. The number of carboxylic acid groups (broad SMARTS) is 1. The number of nitrogens with zero attached hydrogens (tertiary/aromatic N) is 1. The van der Waals surface area contributed by atoms with Crippen LogP contribution in [-0.2, 0) is 4.79 Å². The number of hydrogen-bond acceptors (Lipinski definition) is 2. The molecule has 3 rings (SSSR count). The van der Waals surface area contributed by atoms with Crippen molar-refractivity contribution in [2.75, 3.05) is 0 Å². The maximum absolute atomic E-state index is 13.6. The maximum atomic E-state index is 13.6. The van der Waals surface area contributed by atoms with E-state index in [2.05, 4.69) is 4.98 Å². The Morgan fingerprint density at radius 2 is 1.92 bits per heavy atom. The van der Waals surface area contributed by atoms with Gasteiger partial charge in [0, 0.05) is 11.6 Å². The van der Waals surface area contributed by atoms with E-state index in [1.54, 1.807) is 12.3 Å². The monoisotopic (exact) mass is 323 g/mol. The zero-order valence-corrected chi connectivity index (χ0v) is 13.4. The molecular formula is C20H18FNO2. The second-order valence-corrected chi connectivity index (χ2v) is 5.82. The molecule has 0 unspecified atom stereocenters. The minimum Gasteiger partial charge on any atom is -0.481 e. The van der Waals surface area contributed by atoms with Gasteiger partial charge in [-0.15, -0.1) is 0 Å². The minimum absolute atomic E-state index is 0.303. The fourth-order valence-corrected chi connectivity index (χ4v) is 2.99. The van der Waals surface area contributed by atoms with Crippen molar-refractivity contribution in [2.24, 2.45) is 0 Å². The fraction of sp³-hybridized carbons (Fsp3) is 0.200. The van der Waals surface area contributed by atoms with Crippen LogP contribution in [0.25, 0.3) is 22.0 Å². The number of benzene rings is 2. The third kappa shape index (κ3) is 3.13. The molecule has 4 heteroatoms. The van der Waals surface area contributed by atoms with Gasteiger partial charge in [0.15, 0.2) is 0 Å². The number of hydrogen-bond donors (Lipinski definition) is 1. The first kappa shape index (κ1) is 16.1. The number of aromatic nitrogens is 1. The predicted molar refractivity (Wildman–Crippen MR) is 92.4 cm³/mol. The Bertz CT molecular complexity index is 874. The van der Waals surface area contributed by atoms with E-state index in [4.69, 9.17) is 0 Å². The van der Waals surface area contributed by atoms with Crippen molar-refractivity contribution in [1.82, 2.24) is 4.98 Å². The van der Waals surface area contributed by atoms with Gasteiger partial charge in [0.25, 0.3) is 0 Å². The number of fused-ring (bicyclic) bond motifs is 1. The highest BCUT2D eigenvalue weighted by Crippen LogP contribution is 2.30. The largest absolute Gasteiger partial charge is 0.481 e. The second kappa shape index (κ2) is 6.79. The molecule has 1 atom stereocenters. The van der Waals surface area contributed by atoms with Gasteiger partial charge in [0.1, 0.15) is 5.82 Å². The number of pyridine rings is 1. The average Bonchev–Trinajstić information content (AvgIpc) is 2.59. The summed E-state index contributed by atoms with van der Waals surface area (Å²) < 4.78 is 13.6. The molecule has 1 aromatic heterocycles. The molecule has 0 amide bonds. The molecule has 0 aliphatic rings. The summed E-state index contributed by atoms with van der Waals surface area (Å²) in [5, 5.41) is 10.1. The number of aliphatic carboxylic acids is 1. The zero-order valence-electron chi connectivity index (χ0n) is 13.4. The van der Waals surface area contributed by atoms with E-state index in [0.29, 0.717) is 6.42 Å². The fourth-order valence-electron chi connectivity index (χ4n) is 2.99. The van der Waals surface area contributed by atoms with Gasteiger partial charge < -0.3 is 5.11 Å². The van der Waals surface area contributed by atoms with E-state index in [1.807, 2.05) is 37.3 Å². The standard InChI is InChI=1S/C20H18FNO2/c1-2-3-17(20(23)24)14-6-4-13(5-7-14)16-10-11-22-19-9-8-15(21)12-18(16)19/h4-12,17H,2-3H2,1H3,(H,23,24)/t17-/m1/s1. The summed E-state index contributed by atoms with van der Waals surface area (Å²) in [5.74, 6) is -1.60. The molecule has 122 valence electrons. The number of halogens is 1. The van der Waals surface area contributed by atoms with Crippen LogP contribution in [0.2, 0.25) is 0 Å². The molecule has 0 saturated carbocycles. The smallest absolute Gasteiger partial charge is 0.310 e. The Labute approximate surface area is 139 Å². The van der Waals surface area contributed by atoms with Crippen LogP contribution >= 0.6 is 0 Å². The molecule has 0 bridgehead atoms. The molecule has 0 aliphatic heterocycles. The Morgan fingerprint density at radius 1 is 1.17 bits per heavy atom. The van der Waals surface area contributed by atoms with Crippen molar-refractivity contribution >= 4 is 16.9 Å². The lowest BCUT2D eigenvalue weighted by Crippen LogP contribution is -2.11. The number of rotatable bonds is 5. The lowest BCUT2D eigenvalue weighted by Gasteiger charge is -2.13. The summed E-state index contributed by atoms with van der Waals surface area (Å²) in [5.41, 5.74) is 3.32. The quantitative estimate of drug-likeness (QED) is 0.718. The van der Waals surface area contributed by atoms with Crippen molar-refractivity contribution in [2.45, 2.75) is 25.7 Å². The Kier molecular flexibility index (Phi) is 4.56. The van der Waals surface area contributed by atoms with Crippen molar-refractivity contribution < 1.29 is 14.3 Å². The van der Waals surface area contributed by atoms with E-state index >= 15 is 0 Å². The topological polar surface area (TPSA) is 50.2 Å². The second-order valence-electron chi connectivity index (χ2n) is 5.82. The van der Waals surface area contributed by atoms with Gasteiger partial charge in [-0.25, -0.2) is 4.39 Å². The van der Waals surface area contributed by atoms with Gasteiger partial charge in [-0.05, 0) is 47.4 Å². The maximum Gasteiger partial charge on any atom is 0.310 e. The lowest BCUT2D eigenvalue weighted by molar-refractivity contribution is -0.139. The van der Waals surface area contributed by atoms with Gasteiger partial charge in [-0.3, -0.25) is 9.78 Å². The van der Waals surface area contributed by atoms with E-state index in [1.165, 1.54) is 12.1 Å². The van der Waals surface area contributed by atoms with Crippen molar-refractivity contribution in [3.63, 3.8) is 0 Å². The van der Waals surface area contributed by atoms with Gasteiger partial charge in [-0.1, -0.05) is 37.6 Å². The lowest BCUT2D eigenvalue weighted by atomic mass is 9.92. The minimum atomic E-state index is -0.805. The number of carboxylic acids is 1. The van der Waals surface area contributed by atoms with Gasteiger partial charge >= 0.3 is 5.97 Å². The van der Waals surface area contributed by atoms with Crippen molar-refractivity contribution in [3.8, 4) is 11.1 Å². The molecule has 2 aromatic carbocycles. The van der Waals surface area contributed by atoms with E-state index in [0.717, 1.165) is 34.0 Å². The Morgan fingerprint density at radius 3 is 2.58 bits per heavy atom. The van der Waals surface area contributed by atoms with E-state index in [-0.39, 0.29) is 5.82 Å². The summed E-state index contributed by atoms with van der Waals surface area (Å²) in [6.45, 7) is 1.97. The summed E-state index contributed by atoms with van der Waals surface area (Å²) in [6, 6.07) is 13.8. The molecule has 0 aliphatic carbocycles. The summed E-state index contributed by atoms with van der Waals surface area (Å²) in [4.78, 5) is 15.7. The van der Waals surface area contributed by atoms with E-state index < -0.39 is 11.9 Å². The number of carbonyl (C=O) groups is 1. The summed E-state index contributed by atoms with van der Waals surface area (Å²) in [7, 11) is 0. The van der Waals surface area contributed by atoms with Crippen molar-refractivity contribution in [1.29, 1.82) is 0 Å². The SMILES string of the molecule is CCC[C@@H](C(=O)O)c1ccc(-c2ccnc3ccc(F)cc23)cc1. The third-order valence-electron chi connectivity index (χ3n) is 4.20. The van der Waals surface area contributed by atoms with Crippen LogP contribution in [0.5, 0.6) is 0 Å². The van der Waals surface area contributed by atoms with Crippen LogP contribution in [0, 0.1) is 5.82 Å². The first-order valence-corrected chi connectivity index (χ1v) is 7.97. The molecule has 3 nitrogen and oxygen atoms in total. The van der Waals surface area contributed by atoms with Crippen molar-refractivity contribution in [3.05, 3.63) is 66.1 Å². The molecular weight excluding hydrogens is 305 g/mol. The summed E-state index contributed by atoms with van der Waals surface area (Å²) in [6.07, 6.45) is 3.12.